The summed E-state index contributed by atoms with van der Waals surface area (Å²) in [6, 6.07) is 3.83. The molecule has 0 atom stereocenters. The number of rotatable bonds is 9. The smallest absolute Gasteiger partial charge is 0.188 e. The van der Waals surface area contributed by atoms with Gasteiger partial charge in [-0.15, -0.1) is 11.3 Å². The van der Waals surface area contributed by atoms with Crippen LogP contribution in [0.5, 0.6) is 11.5 Å². The molecule has 0 saturated carbocycles. The fourth-order valence-corrected chi connectivity index (χ4v) is 4.15. The van der Waals surface area contributed by atoms with E-state index in [9.17, 15) is 0 Å². The van der Waals surface area contributed by atoms with Gasteiger partial charge in [0.15, 0.2) is 16.6 Å². The van der Waals surface area contributed by atoms with E-state index in [1.54, 1.807) is 24.8 Å². The third kappa shape index (κ3) is 4.97. The van der Waals surface area contributed by atoms with Gasteiger partial charge in [0.25, 0.3) is 0 Å². The number of fused-ring (bicyclic) bond motifs is 1. The highest BCUT2D eigenvalue weighted by atomic mass is 32.1. The predicted molar refractivity (Wildman–Crippen MR) is 118 cm³/mol. The zero-order valence-corrected chi connectivity index (χ0v) is 18.2. The summed E-state index contributed by atoms with van der Waals surface area (Å²) < 4.78 is 17.0. The zero-order valence-electron chi connectivity index (χ0n) is 17.4. The Balaban J connectivity index is 1.46. The molecule has 0 bridgehead atoms. The first kappa shape index (κ1) is 20.8. The molecule has 1 aliphatic heterocycles. The number of aromatic nitrogens is 3. The maximum atomic E-state index is 6.03. The van der Waals surface area contributed by atoms with E-state index in [4.69, 9.17) is 14.2 Å². The van der Waals surface area contributed by atoms with Crippen LogP contribution >= 0.6 is 11.3 Å². The van der Waals surface area contributed by atoms with Crippen molar-refractivity contribution in [3.63, 3.8) is 0 Å². The number of aryl methyl sites for hydroxylation is 1. The van der Waals surface area contributed by atoms with Crippen molar-refractivity contribution in [1.82, 2.24) is 19.9 Å². The SMILES string of the molecule is CCc1csc(Nc2ncnc3cc(OCCCN4CCOCC4)c(OC)cc23)n1. The van der Waals surface area contributed by atoms with Crippen molar-refractivity contribution in [2.45, 2.75) is 19.8 Å². The maximum absolute atomic E-state index is 6.03. The fourth-order valence-electron chi connectivity index (χ4n) is 3.36. The van der Waals surface area contributed by atoms with Gasteiger partial charge in [-0.3, -0.25) is 4.90 Å². The molecular formula is C21H27N5O3S. The first-order chi connectivity index (χ1) is 14.8. The lowest BCUT2D eigenvalue weighted by Crippen LogP contribution is -2.37. The molecule has 30 heavy (non-hydrogen) atoms. The van der Waals surface area contributed by atoms with Crippen LogP contribution in [0.3, 0.4) is 0 Å². The molecule has 1 N–H and O–H groups in total. The number of methoxy groups -OCH3 is 1. The summed E-state index contributed by atoms with van der Waals surface area (Å²) in [4.78, 5) is 15.8. The summed E-state index contributed by atoms with van der Waals surface area (Å²) in [5.74, 6) is 2.06. The lowest BCUT2D eigenvalue weighted by Gasteiger charge is -2.26. The molecule has 3 aromatic rings. The van der Waals surface area contributed by atoms with E-state index in [1.807, 2.05) is 12.1 Å². The topological polar surface area (TPSA) is 81.6 Å². The number of nitrogens with zero attached hydrogens (tertiary/aromatic N) is 4. The van der Waals surface area contributed by atoms with Gasteiger partial charge in [0.05, 0.1) is 38.1 Å². The average molecular weight is 430 g/mol. The molecule has 160 valence electrons. The van der Waals surface area contributed by atoms with Gasteiger partial charge >= 0.3 is 0 Å². The molecule has 1 aromatic carbocycles. The van der Waals surface area contributed by atoms with Crippen molar-refractivity contribution in [3.8, 4) is 11.5 Å². The van der Waals surface area contributed by atoms with E-state index in [0.717, 1.165) is 67.4 Å². The third-order valence-electron chi connectivity index (χ3n) is 5.04. The number of thiazole rings is 1. The number of morpholine rings is 1. The van der Waals surface area contributed by atoms with Crippen molar-refractivity contribution >= 4 is 33.2 Å². The van der Waals surface area contributed by atoms with E-state index in [2.05, 4.69) is 37.5 Å². The van der Waals surface area contributed by atoms with Gasteiger partial charge < -0.3 is 19.5 Å². The molecule has 1 fully saturated rings. The molecule has 8 nitrogen and oxygen atoms in total. The van der Waals surface area contributed by atoms with E-state index in [0.29, 0.717) is 23.9 Å². The number of ether oxygens (including phenoxy) is 3. The second-order valence-corrected chi connectivity index (χ2v) is 7.88. The van der Waals surface area contributed by atoms with Crippen LogP contribution in [0.25, 0.3) is 10.9 Å². The summed E-state index contributed by atoms with van der Waals surface area (Å²) in [6.45, 7) is 7.33. The number of hydrogen-bond acceptors (Lipinski definition) is 9. The standard InChI is InChI=1S/C21H27N5O3S/c1-3-15-13-30-21(24-15)25-20-16-11-18(27-2)19(12-17(16)22-14-23-20)29-8-4-5-26-6-9-28-10-7-26/h11-14H,3-10H2,1-2H3,(H,22,23,24,25). The Morgan fingerprint density at radius 3 is 2.83 bits per heavy atom. The average Bonchev–Trinajstić information content (AvgIpc) is 3.25. The van der Waals surface area contributed by atoms with Crippen LogP contribution in [0.1, 0.15) is 19.0 Å². The summed E-state index contributed by atoms with van der Waals surface area (Å²) in [6.07, 6.45) is 3.40. The Labute approximate surface area is 180 Å². The summed E-state index contributed by atoms with van der Waals surface area (Å²) in [7, 11) is 1.65. The monoisotopic (exact) mass is 429 g/mol. The van der Waals surface area contributed by atoms with Crippen molar-refractivity contribution in [3.05, 3.63) is 29.5 Å². The first-order valence-electron chi connectivity index (χ1n) is 10.2. The summed E-state index contributed by atoms with van der Waals surface area (Å²) >= 11 is 1.57. The predicted octanol–water partition coefficient (Wildman–Crippen LogP) is 3.50. The lowest BCUT2D eigenvalue weighted by atomic mass is 10.2. The second-order valence-electron chi connectivity index (χ2n) is 7.02. The largest absolute Gasteiger partial charge is 0.493 e. The van der Waals surface area contributed by atoms with Gasteiger partial charge in [-0.05, 0) is 18.9 Å². The van der Waals surface area contributed by atoms with Gasteiger partial charge in [-0.25, -0.2) is 15.0 Å². The number of hydrogen-bond donors (Lipinski definition) is 1. The minimum atomic E-state index is 0.619. The normalized spacial score (nSPS) is 14.7. The minimum absolute atomic E-state index is 0.619. The molecular weight excluding hydrogens is 402 g/mol. The number of nitrogens with one attached hydrogen (secondary N) is 1. The molecule has 2 aromatic heterocycles. The highest BCUT2D eigenvalue weighted by molar-refractivity contribution is 7.13. The molecule has 1 aliphatic rings. The van der Waals surface area contributed by atoms with Gasteiger partial charge in [0.1, 0.15) is 12.1 Å². The summed E-state index contributed by atoms with van der Waals surface area (Å²) in [5, 5.41) is 7.03. The number of benzene rings is 1. The van der Waals surface area contributed by atoms with E-state index >= 15 is 0 Å². The molecule has 4 rings (SSSR count). The third-order valence-corrected chi connectivity index (χ3v) is 5.85. The molecule has 3 heterocycles. The van der Waals surface area contributed by atoms with Crippen LogP contribution in [-0.4, -0.2) is 66.4 Å². The minimum Gasteiger partial charge on any atom is -0.493 e. The van der Waals surface area contributed by atoms with Crippen molar-refractivity contribution in [2.24, 2.45) is 0 Å². The highest BCUT2D eigenvalue weighted by Crippen LogP contribution is 2.35. The van der Waals surface area contributed by atoms with Crippen LogP contribution < -0.4 is 14.8 Å². The van der Waals surface area contributed by atoms with Crippen LogP contribution in [-0.2, 0) is 11.2 Å². The Hall–Kier alpha value is -2.49. The van der Waals surface area contributed by atoms with Crippen LogP contribution in [0.4, 0.5) is 10.9 Å². The van der Waals surface area contributed by atoms with E-state index in [-0.39, 0.29) is 0 Å². The Kier molecular flexibility index (Phi) is 6.93. The Morgan fingerprint density at radius 1 is 1.20 bits per heavy atom. The van der Waals surface area contributed by atoms with Gasteiger partial charge in [0, 0.05) is 36.5 Å². The van der Waals surface area contributed by atoms with Crippen LogP contribution in [0.15, 0.2) is 23.8 Å². The maximum Gasteiger partial charge on any atom is 0.188 e. The Bertz CT molecular complexity index is 974. The lowest BCUT2D eigenvalue weighted by molar-refractivity contribution is 0.0357. The van der Waals surface area contributed by atoms with Gasteiger partial charge in [0.2, 0.25) is 0 Å². The van der Waals surface area contributed by atoms with Crippen molar-refractivity contribution in [2.75, 3.05) is 51.9 Å². The highest BCUT2D eigenvalue weighted by Gasteiger charge is 2.14. The molecule has 1 saturated heterocycles. The molecule has 0 spiro atoms. The van der Waals surface area contributed by atoms with Gasteiger partial charge in [-0.2, -0.15) is 0 Å². The zero-order chi connectivity index (χ0) is 20.8. The number of anilines is 2. The van der Waals surface area contributed by atoms with Crippen molar-refractivity contribution in [1.29, 1.82) is 0 Å². The second kappa shape index (κ2) is 10.0. The first-order valence-corrected chi connectivity index (χ1v) is 11.1. The van der Waals surface area contributed by atoms with Gasteiger partial charge in [-0.1, -0.05) is 6.92 Å². The molecule has 0 aliphatic carbocycles. The quantitative estimate of drug-likeness (QED) is 0.518. The van der Waals surface area contributed by atoms with E-state index in [1.165, 1.54) is 0 Å². The Morgan fingerprint density at radius 2 is 2.07 bits per heavy atom. The van der Waals surface area contributed by atoms with Crippen LogP contribution in [0, 0.1) is 0 Å². The molecule has 0 radical (unpaired) electrons. The molecule has 0 unspecified atom stereocenters. The summed E-state index contributed by atoms with van der Waals surface area (Å²) in [5.41, 5.74) is 1.86. The molecule has 9 heteroatoms. The van der Waals surface area contributed by atoms with Crippen molar-refractivity contribution < 1.29 is 14.2 Å². The van der Waals surface area contributed by atoms with Crippen LogP contribution in [0.2, 0.25) is 0 Å². The fraction of sp³-hybridized carbons (Fsp3) is 0.476. The van der Waals surface area contributed by atoms with E-state index < -0.39 is 0 Å². The molecule has 0 amide bonds.